The van der Waals surface area contributed by atoms with Gasteiger partial charge in [0, 0.05) is 73.2 Å². The van der Waals surface area contributed by atoms with Crippen molar-refractivity contribution in [3.05, 3.63) is 187 Å². The number of ether oxygens (including phenoxy) is 2. The molecular weight excluding hydrogens is 723 g/mol. The fourth-order valence-electron chi connectivity index (χ4n) is 9.27. The number of aromatic nitrogens is 1. The van der Waals surface area contributed by atoms with Gasteiger partial charge in [0.1, 0.15) is 11.5 Å². The third kappa shape index (κ3) is 5.53. The maximum Gasteiger partial charge on any atom is 0.120 e. The molecule has 5 nitrogen and oxygen atoms in total. The van der Waals surface area contributed by atoms with E-state index in [9.17, 15) is 0 Å². The highest BCUT2D eigenvalue weighted by atomic mass is 16.5. The molecule has 0 saturated heterocycles. The molecule has 0 amide bonds. The maximum absolute atomic E-state index is 5.72. The van der Waals surface area contributed by atoms with Crippen LogP contribution in [0.4, 0.5) is 34.1 Å². The second kappa shape index (κ2) is 13.6. The average molecular weight is 764 g/mol. The molecule has 0 saturated carbocycles. The van der Waals surface area contributed by atoms with E-state index in [1.165, 1.54) is 70.8 Å². The molecule has 2 heterocycles. The van der Waals surface area contributed by atoms with E-state index in [1.807, 2.05) is 12.1 Å². The van der Waals surface area contributed by atoms with E-state index in [0.717, 1.165) is 45.6 Å². The first-order chi connectivity index (χ1) is 29.0. The maximum atomic E-state index is 5.72. The summed E-state index contributed by atoms with van der Waals surface area (Å²) in [6.07, 6.45) is 0. The van der Waals surface area contributed by atoms with Gasteiger partial charge in [-0.05, 0) is 120 Å². The van der Waals surface area contributed by atoms with Gasteiger partial charge in [-0.1, -0.05) is 84.9 Å². The van der Waals surface area contributed by atoms with Crippen molar-refractivity contribution in [2.75, 3.05) is 24.0 Å². The summed E-state index contributed by atoms with van der Waals surface area (Å²) in [6.45, 7) is 4.29. The lowest BCUT2D eigenvalue weighted by Crippen LogP contribution is -2.10. The van der Waals surface area contributed by atoms with Gasteiger partial charge in [0.05, 0.1) is 30.8 Å². The van der Waals surface area contributed by atoms with E-state index in [0.29, 0.717) is 0 Å². The standard InChI is InChI=1S/C54H41N3O2/c1-34-11-7-14-38(27-34)55(40-16-9-18-44(30-40)58-3)42-23-21-37-29-50-47-26-24-43(56(39-15-8-12-35(2)28-39)41-17-10-19-45(31-41)59-4)33-51(47)57-53-46-20-6-5-13-36(46)22-25-48(53)52(54(50)57)49(37)32-42/h5-33H,1-4H3. The molecule has 284 valence electrons. The van der Waals surface area contributed by atoms with Crippen LogP contribution in [0.2, 0.25) is 0 Å². The first-order valence-electron chi connectivity index (χ1n) is 20.1. The van der Waals surface area contributed by atoms with Crippen LogP contribution in [-0.2, 0) is 0 Å². The summed E-state index contributed by atoms with van der Waals surface area (Å²) in [6, 6.07) is 63.7. The van der Waals surface area contributed by atoms with Gasteiger partial charge in [-0.25, -0.2) is 0 Å². The molecule has 0 aliphatic heterocycles. The van der Waals surface area contributed by atoms with Crippen molar-refractivity contribution in [2.24, 2.45) is 0 Å². The van der Waals surface area contributed by atoms with E-state index in [1.54, 1.807) is 14.2 Å². The molecule has 0 N–H and O–H groups in total. The Labute approximate surface area is 342 Å². The van der Waals surface area contributed by atoms with Crippen molar-refractivity contribution in [1.82, 2.24) is 4.40 Å². The van der Waals surface area contributed by atoms with Crippen LogP contribution in [0.25, 0.3) is 59.6 Å². The van der Waals surface area contributed by atoms with Crippen LogP contribution in [0.15, 0.2) is 176 Å². The molecule has 0 fully saturated rings. The summed E-state index contributed by atoms with van der Waals surface area (Å²) in [5.74, 6) is 1.63. The zero-order chi connectivity index (χ0) is 39.8. The van der Waals surface area contributed by atoms with Gasteiger partial charge in [0.15, 0.2) is 0 Å². The Morgan fingerprint density at radius 1 is 0.373 bits per heavy atom. The molecule has 5 heteroatoms. The van der Waals surface area contributed by atoms with Crippen molar-refractivity contribution in [2.45, 2.75) is 13.8 Å². The Hall–Kier alpha value is -7.50. The summed E-state index contributed by atoms with van der Waals surface area (Å²) in [5.41, 5.74) is 12.4. The molecule has 9 aromatic carbocycles. The quantitative estimate of drug-likeness (QED) is 0.154. The van der Waals surface area contributed by atoms with Gasteiger partial charge in [0.25, 0.3) is 0 Å². The topological polar surface area (TPSA) is 29.4 Å². The van der Waals surface area contributed by atoms with Gasteiger partial charge in [-0.2, -0.15) is 0 Å². The highest BCUT2D eigenvalue weighted by molar-refractivity contribution is 6.34. The Kier molecular flexibility index (Phi) is 7.99. The molecule has 59 heavy (non-hydrogen) atoms. The number of aryl methyl sites for hydroxylation is 2. The van der Waals surface area contributed by atoms with E-state index in [2.05, 4.69) is 192 Å². The van der Waals surface area contributed by atoms with Crippen LogP contribution in [0.3, 0.4) is 0 Å². The van der Waals surface area contributed by atoms with Gasteiger partial charge in [0.2, 0.25) is 0 Å². The molecule has 2 aromatic heterocycles. The number of hydrogen-bond acceptors (Lipinski definition) is 4. The number of benzene rings is 9. The zero-order valence-corrected chi connectivity index (χ0v) is 33.4. The third-order valence-electron chi connectivity index (χ3n) is 11.9. The van der Waals surface area contributed by atoms with Crippen molar-refractivity contribution < 1.29 is 9.47 Å². The lowest BCUT2D eigenvalue weighted by Gasteiger charge is -2.26. The number of fused-ring (bicyclic) bond motifs is 10. The molecule has 0 spiro atoms. The minimum Gasteiger partial charge on any atom is -0.497 e. The van der Waals surface area contributed by atoms with Crippen molar-refractivity contribution >= 4 is 93.8 Å². The molecule has 11 aromatic rings. The van der Waals surface area contributed by atoms with E-state index >= 15 is 0 Å². The zero-order valence-electron chi connectivity index (χ0n) is 33.4. The predicted molar refractivity (Wildman–Crippen MR) is 248 cm³/mol. The number of hydrogen-bond donors (Lipinski definition) is 0. The second-order valence-electron chi connectivity index (χ2n) is 15.5. The van der Waals surface area contributed by atoms with Gasteiger partial charge >= 0.3 is 0 Å². The normalized spacial score (nSPS) is 11.7. The fraction of sp³-hybridized carbons (Fsp3) is 0.0741. The molecule has 0 atom stereocenters. The number of nitrogens with zero attached hydrogens (tertiary/aromatic N) is 3. The number of anilines is 6. The van der Waals surface area contributed by atoms with Crippen LogP contribution in [0, 0.1) is 13.8 Å². The van der Waals surface area contributed by atoms with E-state index < -0.39 is 0 Å². The summed E-state index contributed by atoms with van der Waals surface area (Å²) in [5, 5.41) is 9.84. The first kappa shape index (κ1) is 34.7. The average Bonchev–Trinajstić information content (AvgIpc) is 3.79. The van der Waals surface area contributed by atoms with Crippen LogP contribution >= 0.6 is 0 Å². The SMILES string of the molecule is COc1cccc(N(c2cccc(C)c2)c2ccc3cc4c5ccc(N(c6cccc(C)c6)c6cccc(OC)c6)cc5n5c6c7ccccc7ccc6c(c3c2)c45)c1. The van der Waals surface area contributed by atoms with Crippen LogP contribution in [0.1, 0.15) is 11.1 Å². The minimum absolute atomic E-state index is 0.816. The summed E-state index contributed by atoms with van der Waals surface area (Å²) in [7, 11) is 3.45. The van der Waals surface area contributed by atoms with Crippen LogP contribution in [0.5, 0.6) is 11.5 Å². The second-order valence-corrected chi connectivity index (χ2v) is 15.5. The number of methoxy groups -OCH3 is 2. The molecule has 0 aliphatic carbocycles. The predicted octanol–water partition coefficient (Wildman–Crippen LogP) is 14.7. The Morgan fingerprint density at radius 3 is 1.56 bits per heavy atom. The highest BCUT2D eigenvalue weighted by Crippen LogP contribution is 2.48. The first-order valence-corrected chi connectivity index (χ1v) is 20.1. The molecule has 0 unspecified atom stereocenters. The van der Waals surface area contributed by atoms with Gasteiger partial charge in [-0.3, -0.25) is 0 Å². The molecule has 0 aliphatic rings. The Balaban J connectivity index is 1.22. The summed E-state index contributed by atoms with van der Waals surface area (Å²) in [4.78, 5) is 4.67. The smallest absolute Gasteiger partial charge is 0.120 e. The fourth-order valence-corrected chi connectivity index (χ4v) is 9.27. The van der Waals surface area contributed by atoms with Crippen molar-refractivity contribution in [3.63, 3.8) is 0 Å². The molecule has 0 bridgehead atoms. The van der Waals surface area contributed by atoms with Crippen molar-refractivity contribution in [1.29, 1.82) is 0 Å². The van der Waals surface area contributed by atoms with Crippen LogP contribution in [-0.4, -0.2) is 18.6 Å². The summed E-state index contributed by atoms with van der Waals surface area (Å²) >= 11 is 0. The largest absolute Gasteiger partial charge is 0.497 e. The van der Waals surface area contributed by atoms with E-state index in [4.69, 9.17) is 9.47 Å². The number of rotatable bonds is 8. The van der Waals surface area contributed by atoms with Crippen molar-refractivity contribution in [3.8, 4) is 11.5 Å². The van der Waals surface area contributed by atoms with Crippen LogP contribution < -0.4 is 19.3 Å². The molecular formula is C54H41N3O2. The van der Waals surface area contributed by atoms with Gasteiger partial charge < -0.3 is 23.7 Å². The monoisotopic (exact) mass is 763 g/mol. The third-order valence-corrected chi connectivity index (χ3v) is 11.9. The summed E-state index contributed by atoms with van der Waals surface area (Å²) < 4.78 is 14.0. The Morgan fingerprint density at radius 2 is 0.915 bits per heavy atom. The molecule has 0 radical (unpaired) electrons. The lowest BCUT2D eigenvalue weighted by molar-refractivity contribution is 0.415. The lowest BCUT2D eigenvalue weighted by atomic mass is 9.98. The molecule has 11 rings (SSSR count). The van der Waals surface area contributed by atoms with E-state index in [-0.39, 0.29) is 0 Å². The van der Waals surface area contributed by atoms with Gasteiger partial charge in [-0.15, -0.1) is 0 Å². The highest BCUT2D eigenvalue weighted by Gasteiger charge is 2.24. The minimum atomic E-state index is 0.816. The Bertz CT molecular complexity index is 3420.